The van der Waals surface area contributed by atoms with Crippen LogP contribution < -0.4 is 5.56 Å². The largest absolute Gasteiger partial charge is 0.392 e. The summed E-state index contributed by atoms with van der Waals surface area (Å²) in [5.74, 6) is -0.155. The third kappa shape index (κ3) is 3.43. The van der Waals surface area contributed by atoms with Crippen molar-refractivity contribution in [3.63, 3.8) is 0 Å². The molecule has 1 atom stereocenters. The van der Waals surface area contributed by atoms with Crippen molar-refractivity contribution in [1.82, 2.24) is 19.6 Å². The van der Waals surface area contributed by atoms with Crippen LogP contribution in [0.2, 0.25) is 0 Å². The number of aliphatic hydroxyl groups excluding tert-OH is 1. The van der Waals surface area contributed by atoms with Crippen molar-refractivity contribution < 1.29 is 9.90 Å². The second kappa shape index (κ2) is 6.15. The van der Waals surface area contributed by atoms with Crippen LogP contribution in [0.1, 0.15) is 17.4 Å². The highest BCUT2D eigenvalue weighted by Crippen LogP contribution is 2.06. The van der Waals surface area contributed by atoms with Gasteiger partial charge >= 0.3 is 0 Å². The molecule has 7 nitrogen and oxygen atoms in total. The lowest BCUT2D eigenvalue weighted by Crippen LogP contribution is -2.50. The molecule has 0 aromatic carbocycles. The van der Waals surface area contributed by atoms with Crippen LogP contribution in [-0.4, -0.2) is 69.4 Å². The number of carbonyl (C=O) groups excluding carboxylic acids is 1. The number of rotatable bonds is 3. The Morgan fingerprint density at radius 3 is 2.55 bits per heavy atom. The summed E-state index contributed by atoms with van der Waals surface area (Å²) in [6, 6.07) is 2.82. The summed E-state index contributed by atoms with van der Waals surface area (Å²) in [5.41, 5.74) is 0.0550. The van der Waals surface area contributed by atoms with Gasteiger partial charge in [0, 0.05) is 45.8 Å². The molecular formula is C13H20N4O3. The standard InChI is InChI=1S/C13H20N4O3/c1-10(18)9-16-5-7-17(8-6-16)13(20)11-3-4-12(19)15(2)14-11/h3-4,10,18H,5-9H2,1-2H3/t10-/m1/s1. The van der Waals surface area contributed by atoms with Gasteiger partial charge in [-0.1, -0.05) is 0 Å². The van der Waals surface area contributed by atoms with Crippen LogP contribution in [-0.2, 0) is 7.05 Å². The molecule has 1 aliphatic heterocycles. The van der Waals surface area contributed by atoms with Crippen molar-refractivity contribution >= 4 is 5.91 Å². The normalized spacial score (nSPS) is 18.1. The van der Waals surface area contributed by atoms with Gasteiger partial charge in [-0.25, -0.2) is 4.68 Å². The Hall–Kier alpha value is -1.73. The first-order valence-corrected chi connectivity index (χ1v) is 6.71. The number of aryl methyl sites for hydroxylation is 1. The van der Waals surface area contributed by atoms with Crippen molar-refractivity contribution in [3.8, 4) is 0 Å². The van der Waals surface area contributed by atoms with Crippen LogP contribution >= 0.6 is 0 Å². The molecule has 1 aliphatic rings. The molecule has 0 spiro atoms. The van der Waals surface area contributed by atoms with Gasteiger partial charge in [0.2, 0.25) is 0 Å². The third-order valence-corrected chi connectivity index (χ3v) is 3.36. The molecule has 110 valence electrons. The Balaban J connectivity index is 1.98. The SMILES string of the molecule is C[C@@H](O)CN1CCN(C(=O)c2ccc(=O)n(C)n2)CC1. The molecule has 2 heterocycles. The number of piperazine rings is 1. The first kappa shape index (κ1) is 14.7. The number of β-amino-alcohol motifs (C(OH)–C–C–N with tert-alkyl or cyclic N) is 1. The third-order valence-electron chi connectivity index (χ3n) is 3.36. The lowest BCUT2D eigenvalue weighted by atomic mass is 10.2. The second-order valence-electron chi connectivity index (χ2n) is 5.12. The van der Waals surface area contributed by atoms with Gasteiger partial charge in [-0.3, -0.25) is 14.5 Å². The predicted octanol–water partition coefficient (Wildman–Crippen LogP) is -1.08. The summed E-state index contributed by atoms with van der Waals surface area (Å²) in [6.45, 7) is 5.07. The van der Waals surface area contributed by atoms with Gasteiger partial charge in [0.05, 0.1) is 6.10 Å². The Morgan fingerprint density at radius 2 is 2.00 bits per heavy atom. The van der Waals surface area contributed by atoms with E-state index in [2.05, 4.69) is 10.00 Å². The number of aromatic nitrogens is 2. The maximum absolute atomic E-state index is 12.3. The summed E-state index contributed by atoms with van der Waals surface area (Å²) >= 11 is 0. The molecule has 0 aliphatic carbocycles. The zero-order chi connectivity index (χ0) is 14.7. The highest BCUT2D eigenvalue weighted by Gasteiger charge is 2.23. The highest BCUT2D eigenvalue weighted by molar-refractivity contribution is 5.92. The van der Waals surface area contributed by atoms with Gasteiger partial charge in [0.25, 0.3) is 11.5 Å². The summed E-state index contributed by atoms with van der Waals surface area (Å²) in [6.07, 6.45) is -0.359. The van der Waals surface area contributed by atoms with E-state index < -0.39 is 0 Å². The molecule has 0 unspecified atom stereocenters. The maximum atomic E-state index is 12.3. The number of hydrogen-bond acceptors (Lipinski definition) is 5. The van der Waals surface area contributed by atoms with Crippen molar-refractivity contribution in [2.24, 2.45) is 7.05 Å². The molecule has 1 saturated heterocycles. The van der Waals surface area contributed by atoms with E-state index in [4.69, 9.17) is 0 Å². The van der Waals surface area contributed by atoms with Gasteiger partial charge in [0.1, 0.15) is 5.69 Å². The van der Waals surface area contributed by atoms with E-state index in [0.29, 0.717) is 19.6 Å². The number of carbonyl (C=O) groups is 1. The van der Waals surface area contributed by atoms with Gasteiger partial charge < -0.3 is 10.0 Å². The average molecular weight is 280 g/mol. The summed E-state index contributed by atoms with van der Waals surface area (Å²) in [4.78, 5) is 27.4. The number of nitrogens with zero attached hydrogens (tertiary/aromatic N) is 4. The number of amides is 1. The van der Waals surface area contributed by atoms with E-state index in [1.807, 2.05) is 0 Å². The van der Waals surface area contributed by atoms with Gasteiger partial charge in [0.15, 0.2) is 0 Å². The fourth-order valence-electron chi connectivity index (χ4n) is 2.29. The molecule has 7 heteroatoms. The topological polar surface area (TPSA) is 78.7 Å². The molecule has 0 radical (unpaired) electrons. The summed E-state index contributed by atoms with van der Waals surface area (Å²) in [7, 11) is 1.53. The smallest absolute Gasteiger partial charge is 0.274 e. The van der Waals surface area contributed by atoms with E-state index in [0.717, 1.165) is 17.8 Å². The molecule has 0 saturated carbocycles. The van der Waals surface area contributed by atoms with Gasteiger partial charge in [-0.2, -0.15) is 5.10 Å². The van der Waals surface area contributed by atoms with Crippen LogP contribution in [0.4, 0.5) is 0 Å². The number of hydrogen-bond donors (Lipinski definition) is 1. The van der Waals surface area contributed by atoms with Crippen molar-refractivity contribution in [2.75, 3.05) is 32.7 Å². The summed E-state index contributed by atoms with van der Waals surface area (Å²) < 4.78 is 1.16. The minimum atomic E-state index is -0.359. The Kier molecular flexibility index (Phi) is 4.51. The number of aliphatic hydroxyl groups is 1. The monoisotopic (exact) mass is 280 g/mol. The molecule has 1 fully saturated rings. The molecule has 20 heavy (non-hydrogen) atoms. The van der Waals surface area contributed by atoms with E-state index >= 15 is 0 Å². The highest BCUT2D eigenvalue weighted by atomic mass is 16.3. The predicted molar refractivity (Wildman–Crippen MR) is 73.5 cm³/mol. The van der Waals surface area contributed by atoms with Crippen molar-refractivity contribution in [1.29, 1.82) is 0 Å². The quantitative estimate of drug-likeness (QED) is 0.762. The fourth-order valence-corrected chi connectivity index (χ4v) is 2.29. The van der Waals surface area contributed by atoms with Gasteiger partial charge in [-0.05, 0) is 13.0 Å². The van der Waals surface area contributed by atoms with E-state index in [1.165, 1.54) is 19.2 Å². The van der Waals surface area contributed by atoms with Crippen LogP contribution in [0.3, 0.4) is 0 Å². The molecule has 1 N–H and O–H groups in total. The zero-order valence-corrected chi connectivity index (χ0v) is 11.8. The van der Waals surface area contributed by atoms with E-state index in [1.54, 1.807) is 11.8 Å². The fraction of sp³-hybridized carbons (Fsp3) is 0.615. The van der Waals surface area contributed by atoms with Gasteiger partial charge in [-0.15, -0.1) is 0 Å². The molecule has 1 aromatic heterocycles. The Labute approximate surface area is 117 Å². The van der Waals surface area contributed by atoms with Crippen molar-refractivity contribution in [3.05, 3.63) is 28.2 Å². The second-order valence-corrected chi connectivity index (χ2v) is 5.12. The van der Waals surface area contributed by atoms with E-state index in [-0.39, 0.29) is 23.3 Å². The molecule has 1 aromatic rings. The lowest BCUT2D eigenvalue weighted by Gasteiger charge is -2.35. The molecular weight excluding hydrogens is 260 g/mol. The first-order valence-electron chi connectivity index (χ1n) is 6.71. The van der Waals surface area contributed by atoms with Crippen LogP contribution in [0.25, 0.3) is 0 Å². The minimum Gasteiger partial charge on any atom is -0.392 e. The van der Waals surface area contributed by atoms with Crippen LogP contribution in [0.5, 0.6) is 0 Å². The molecule has 2 rings (SSSR count). The van der Waals surface area contributed by atoms with E-state index in [9.17, 15) is 14.7 Å². The molecule has 1 amide bonds. The minimum absolute atomic E-state index is 0.155. The van der Waals surface area contributed by atoms with Crippen molar-refractivity contribution in [2.45, 2.75) is 13.0 Å². The average Bonchev–Trinajstić information content (AvgIpc) is 2.41. The first-order chi connectivity index (χ1) is 9.47. The van der Waals surface area contributed by atoms with Crippen LogP contribution in [0, 0.1) is 0 Å². The lowest BCUT2D eigenvalue weighted by molar-refractivity contribution is 0.0547. The Bertz CT molecular complexity index is 533. The Morgan fingerprint density at radius 1 is 1.35 bits per heavy atom. The zero-order valence-electron chi connectivity index (χ0n) is 11.8. The summed E-state index contributed by atoms with van der Waals surface area (Å²) in [5, 5.41) is 13.3. The molecule has 0 bridgehead atoms. The van der Waals surface area contributed by atoms with Crippen LogP contribution in [0.15, 0.2) is 16.9 Å². The maximum Gasteiger partial charge on any atom is 0.274 e.